The number of nitrogens with one attached hydrogen (secondary N) is 1. The molecule has 0 aliphatic rings. The highest BCUT2D eigenvalue weighted by atomic mass is 127. The molecule has 0 aliphatic carbocycles. The van der Waals surface area contributed by atoms with Crippen LogP contribution in [0.3, 0.4) is 0 Å². The van der Waals surface area contributed by atoms with Gasteiger partial charge in [0.15, 0.2) is 0 Å². The molecule has 1 heterocycles. The van der Waals surface area contributed by atoms with Gasteiger partial charge in [0, 0.05) is 13.6 Å². The van der Waals surface area contributed by atoms with Crippen LogP contribution in [0.2, 0.25) is 0 Å². The third kappa shape index (κ3) is 3.53. The Labute approximate surface area is 153 Å². The average molecular weight is 486 g/mol. The van der Waals surface area contributed by atoms with Crippen molar-refractivity contribution in [1.82, 2.24) is 10.2 Å². The summed E-state index contributed by atoms with van der Waals surface area (Å²) in [6.07, 6.45) is 0. The monoisotopic (exact) mass is 485 g/mol. The zero-order valence-electron chi connectivity index (χ0n) is 11.1. The van der Waals surface area contributed by atoms with E-state index in [2.05, 4.69) is 54.0 Å². The number of aromatic nitrogens is 2. The minimum atomic E-state index is -0.193. The molecule has 0 radical (unpaired) electrons. The highest BCUT2D eigenvalue weighted by Crippen LogP contribution is 2.27. The van der Waals surface area contributed by atoms with Crippen LogP contribution in [0.5, 0.6) is 0 Å². The maximum Gasteiger partial charge on any atom is 0.258 e. The van der Waals surface area contributed by atoms with Gasteiger partial charge in [-0.1, -0.05) is 57.6 Å². The van der Waals surface area contributed by atoms with Crippen LogP contribution in [0.1, 0.15) is 10.4 Å². The number of amides is 1. The van der Waals surface area contributed by atoms with Crippen molar-refractivity contribution in [2.75, 3.05) is 5.32 Å². The van der Waals surface area contributed by atoms with Crippen molar-refractivity contribution in [2.24, 2.45) is 0 Å². The number of carbonyl (C=O) groups is 1. The Kier molecular flexibility index (Phi) is 4.84. The second kappa shape index (κ2) is 6.84. The molecule has 7 heteroatoms. The molecule has 110 valence electrons. The lowest BCUT2D eigenvalue weighted by molar-refractivity contribution is 0.102. The molecule has 0 spiro atoms. The minimum absolute atomic E-state index is 0.193. The molecule has 3 rings (SSSR count). The van der Waals surface area contributed by atoms with E-state index in [-0.39, 0.29) is 5.91 Å². The fourth-order valence-electron chi connectivity index (χ4n) is 1.81. The molecule has 0 aliphatic heterocycles. The van der Waals surface area contributed by atoms with Crippen LogP contribution in [0.4, 0.5) is 5.13 Å². The summed E-state index contributed by atoms with van der Waals surface area (Å²) in [6.45, 7) is 0. The molecular weight excluding hydrogens is 477 g/mol. The molecule has 0 saturated carbocycles. The van der Waals surface area contributed by atoms with Crippen molar-refractivity contribution in [3.05, 3.63) is 62.1 Å². The summed E-state index contributed by atoms with van der Waals surface area (Å²) in [6, 6.07) is 15.3. The first kappa shape index (κ1) is 15.6. The summed E-state index contributed by atoms with van der Waals surface area (Å²) >= 11 is 6.86. The normalized spacial score (nSPS) is 10.5. The van der Waals surface area contributed by atoms with Gasteiger partial charge in [0.05, 0.1) is 5.56 Å². The molecule has 1 N–H and O–H groups in total. The number of rotatable bonds is 3. The second-order valence-electron chi connectivity index (χ2n) is 4.36. The molecule has 22 heavy (non-hydrogen) atoms. The second-order valence-corrected chi connectivity index (χ2v) is 7.41. The molecular formula is C15H9BrIN3OS. The van der Waals surface area contributed by atoms with Crippen LogP contribution in [0.25, 0.3) is 10.6 Å². The Morgan fingerprint density at radius 2 is 1.91 bits per heavy atom. The summed E-state index contributed by atoms with van der Waals surface area (Å²) in [5.74, 6) is -0.193. The van der Waals surface area contributed by atoms with Crippen LogP contribution in [0.15, 0.2) is 53.0 Å². The van der Waals surface area contributed by atoms with Gasteiger partial charge in [0.25, 0.3) is 5.91 Å². The zero-order chi connectivity index (χ0) is 15.5. The summed E-state index contributed by atoms with van der Waals surface area (Å²) in [5, 5.41) is 12.2. The summed E-state index contributed by atoms with van der Waals surface area (Å²) in [5.41, 5.74) is 1.59. The van der Waals surface area contributed by atoms with E-state index in [9.17, 15) is 4.79 Å². The zero-order valence-corrected chi connectivity index (χ0v) is 15.6. The molecule has 0 atom stereocenters. The summed E-state index contributed by atoms with van der Waals surface area (Å²) < 4.78 is 1.74. The number of benzene rings is 2. The molecule has 0 unspecified atom stereocenters. The SMILES string of the molecule is O=C(Nc1nnc(-c2ccccc2)s1)c1cc(Br)ccc1I. The van der Waals surface area contributed by atoms with Gasteiger partial charge < -0.3 is 0 Å². The number of carbonyl (C=O) groups excluding carboxylic acids is 1. The van der Waals surface area contributed by atoms with Crippen LogP contribution in [0, 0.1) is 3.57 Å². The first-order valence-electron chi connectivity index (χ1n) is 6.29. The first-order valence-corrected chi connectivity index (χ1v) is 8.97. The van der Waals surface area contributed by atoms with Crippen molar-refractivity contribution in [3.8, 4) is 10.6 Å². The molecule has 0 fully saturated rings. The fraction of sp³-hybridized carbons (Fsp3) is 0. The molecule has 4 nitrogen and oxygen atoms in total. The van der Waals surface area contributed by atoms with Crippen LogP contribution in [-0.2, 0) is 0 Å². The number of nitrogens with zero attached hydrogens (tertiary/aromatic N) is 2. The lowest BCUT2D eigenvalue weighted by Crippen LogP contribution is -2.13. The van der Waals surface area contributed by atoms with Gasteiger partial charge in [-0.2, -0.15) is 0 Å². The van der Waals surface area contributed by atoms with Gasteiger partial charge in [0.2, 0.25) is 5.13 Å². The number of anilines is 1. The number of hydrogen-bond acceptors (Lipinski definition) is 4. The highest BCUT2D eigenvalue weighted by molar-refractivity contribution is 14.1. The van der Waals surface area contributed by atoms with Crippen LogP contribution < -0.4 is 5.32 Å². The molecule has 3 aromatic rings. The van der Waals surface area contributed by atoms with Gasteiger partial charge in [0.1, 0.15) is 5.01 Å². The Morgan fingerprint density at radius 1 is 1.14 bits per heavy atom. The predicted molar refractivity (Wildman–Crippen MR) is 100 cm³/mol. The Bertz CT molecular complexity index is 823. The first-order chi connectivity index (χ1) is 10.6. The van der Waals surface area contributed by atoms with E-state index in [4.69, 9.17) is 0 Å². The number of hydrogen-bond donors (Lipinski definition) is 1. The van der Waals surface area contributed by atoms with E-state index in [1.165, 1.54) is 11.3 Å². The molecule has 0 saturated heterocycles. The predicted octanol–water partition coefficient (Wildman–Crippen LogP) is 4.82. The Morgan fingerprint density at radius 3 is 2.68 bits per heavy atom. The van der Waals surface area contributed by atoms with E-state index in [0.29, 0.717) is 10.7 Å². The van der Waals surface area contributed by atoms with Crippen LogP contribution in [-0.4, -0.2) is 16.1 Å². The lowest BCUT2D eigenvalue weighted by Gasteiger charge is -2.04. The quantitative estimate of drug-likeness (QED) is 0.541. The maximum absolute atomic E-state index is 12.3. The van der Waals surface area contributed by atoms with Crippen molar-refractivity contribution in [3.63, 3.8) is 0 Å². The van der Waals surface area contributed by atoms with E-state index in [1.807, 2.05) is 42.5 Å². The van der Waals surface area contributed by atoms with Gasteiger partial charge in [-0.25, -0.2) is 0 Å². The van der Waals surface area contributed by atoms with Crippen molar-refractivity contribution in [2.45, 2.75) is 0 Å². The highest BCUT2D eigenvalue weighted by Gasteiger charge is 2.14. The van der Waals surface area contributed by atoms with Crippen LogP contribution >= 0.6 is 49.9 Å². The lowest BCUT2D eigenvalue weighted by atomic mass is 10.2. The van der Waals surface area contributed by atoms with Crippen molar-refractivity contribution in [1.29, 1.82) is 0 Å². The third-order valence-electron chi connectivity index (χ3n) is 2.84. The third-order valence-corrected chi connectivity index (χ3v) is 5.16. The van der Waals surface area contributed by atoms with E-state index in [0.717, 1.165) is 18.6 Å². The topological polar surface area (TPSA) is 54.9 Å². The van der Waals surface area contributed by atoms with Gasteiger partial charge >= 0.3 is 0 Å². The summed E-state index contributed by atoms with van der Waals surface area (Å²) in [7, 11) is 0. The Balaban J connectivity index is 1.81. The molecule has 0 bridgehead atoms. The standard InChI is InChI=1S/C15H9BrIN3OS/c16-10-6-7-12(17)11(8-10)13(21)18-15-20-19-14(22-15)9-4-2-1-3-5-9/h1-8H,(H,18,20,21). The van der Waals surface area contributed by atoms with Gasteiger partial charge in [-0.15, -0.1) is 10.2 Å². The van der Waals surface area contributed by atoms with E-state index >= 15 is 0 Å². The molecule has 1 amide bonds. The Hall–Kier alpha value is -1.32. The molecule has 2 aromatic carbocycles. The van der Waals surface area contributed by atoms with E-state index < -0.39 is 0 Å². The smallest absolute Gasteiger partial charge is 0.258 e. The molecule has 1 aromatic heterocycles. The van der Waals surface area contributed by atoms with Crippen molar-refractivity contribution >= 4 is 60.9 Å². The maximum atomic E-state index is 12.3. The number of halogens is 2. The fourth-order valence-corrected chi connectivity index (χ4v) is 3.49. The van der Waals surface area contributed by atoms with E-state index in [1.54, 1.807) is 6.07 Å². The summed E-state index contributed by atoms with van der Waals surface area (Å²) in [4.78, 5) is 12.3. The van der Waals surface area contributed by atoms with Gasteiger partial charge in [-0.3, -0.25) is 10.1 Å². The minimum Gasteiger partial charge on any atom is -0.296 e. The van der Waals surface area contributed by atoms with Gasteiger partial charge in [-0.05, 0) is 40.8 Å². The largest absolute Gasteiger partial charge is 0.296 e. The van der Waals surface area contributed by atoms with Crippen molar-refractivity contribution < 1.29 is 4.79 Å². The average Bonchev–Trinajstić information content (AvgIpc) is 2.99.